The number of piperidine rings is 1. The van der Waals surface area contributed by atoms with Crippen LogP contribution in [0.1, 0.15) is 29.7 Å². The van der Waals surface area contributed by atoms with Crippen LogP contribution in [0.3, 0.4) is 0 Å². The number of benzene rings is 3. The monoisotopic (exact) mass is 996 g/mol. The van der Waals surface area contributed by atoms with E-state index in [0.717, 1.165) is 55.3 Å². The maximum absolute atomic E-state index is 13.7. The van der Waals surface area contributed by atoms with E-state index in [1.807, 2.05) is 12.1 Å². The summed E-state index contributed by atoms with van der Waals surface area (Å²) in [6.45, 7) is 6.13. The fourth-order valence-electron chi connectivity index (χ4n) is 6.42. The first-order chi connectivity index (χ1) is 32.5. The summed E-state index contributed by atoms with van der Waals surface area (Å²) in [6, 6.07) is 19.5. The SMILES string of the molecule is COCCOCCOCCOCCOC1CCN(Cc2cc(-c3cc(-c4cccc(C(F)(F)F)c4)ccc3Oc3ccc(S(=O)(=O)Nc4ncns4)cc3C#N)ccn2)CC1.O=C(O)C(F)(F)F. The van der Waals surface area contributed by atoms with Crippen LogP contribution in [0.25, 0.3) is 22.3 Å². The number of nitrogens with zero attached hydrogens (tertiary/aromatic N) is 5. The lowest BCUT2D eigenvalue weighted by Crippen LogP contribution is -2.37. The number of anilines is 1. The van der Waals surface area contributed by atoms with E-state index in [4.69, 9.17) is 38.3 Å². The lowest BCUT2D eigenvalue weighted by Gasteiger charge is -2.31. The minimum Gasteiger partial charge on any atom is -0.475 e. The number of rotatable bonds is 22. The van der Waals surface area contributed by atoms with Crippen LogP contribution in [0, 0.1) is 11.3 Å². The van der Waals surface area contributed by atoms with Gasteiger partial charge < -0.3 is 33.5 Å². The number of aliphatic carboxylic acids is 1. The molecule has 0 amide bonds. The van der Waals surface area contributed by atoms with Gasteiger partial charge in [0.05, 0.1) is 80.7 Å². The van der Waals surface area contributed by atoms with Gasteiger partial charge in [-0.25, -0.2) is 18.2 Å². The predicted octanol–water partition coefficient (Wildman–Crippen LogP) is 8.06. The second kappa shape index (κ2) is 25.5. The summed E-state index contributed by atoms with van der Waals surface area (Å²) < 4.78 is 139. The number of aromatic nitrogens is 3. The maximum Gasteiger partial charge on any atom is 0.490 e. The fraction of sp³-hybridized carbons (Fsp3) is 0.386. The first-order valence-electron chi connectivity index (χ1n) is 20.6. The molecule has 0 unspecified atom stereocenters. The number of nitriles is 1. The van der Waals surface area contributed by atoms with Crippen LogP contribution in [0.5, 0.6) is 11.5 Å². The third-order valence-corrected chi connectivity index (χ3v) is 11.8. The first-order valence-corrected chi connectivity index (χ1v) is 22.9. The van der Waals surface area contributed by atoms with E-state index in [2.05, 4.69) is 24.0 Å². The number of carboxylic acids is 1. The van der Waals surface area contributed by atoms with Crippen molar-refractivity contribution >= 4 is 32.7 Å². The Bertz CT molecular complexity index is 2540. The van der Waals surface area contributed by atoms with Crippen LogP contribution in [-0.4, -0.2) is 124 Å². The molecule has 2 aromatic heterocycles. The number of carbonyl (C=O) groups is 1. The normalized spacial score (nSPS) is 13.6. The highest BCUT2D eigenvalue weighted by Gasteiger charge is 2.38. The van der Waals surface area contributed by atoms with Crippen molar-refractivity contribution in [2.45, 2.75) is 42.7 Å². The van der Waals surface area contributed by atoms with Crippen LogP contribution >= 0.6 is 11.5 Å². The number of methoxy groups -OCH3 is 1. The van der Waals surface area contributed by atoms with E-state index in [1.54, 1.807) is 43.6 Å². The Balaban J connectivity index is 0.00000114. The quantitative estimate of drug-likeness (QED) is 0.0497. The molecule has 2 N–H and O–H groups in total. The highest BCUT2D eigenvalue weighted by Crippen LogP contribution is 2.40. The molecule has 3 aromatic carbocycles. The zero-order chi connectivity index (χ0) is 49.2. The van der Waals surface area contributed by atoms with Gasteiger partial charge in [-0.3, -0.25) is 14.6 Å². The zero-order valence-corrected chi connectivity index (χ0v) is 37.9. The average Bonchev–Trinajstić information content (AvgIpc) is 3.82. The summed E-state index contributed by atoms with van der Waals surface area (Å²) >= 11 is 0.858. The number of carboxylic acid groups (broad SMARTS) is 1. The van der Waals surface area contributed by atoms with E-state index >= 15 is 0 Å². The molecule has 0 aliphatic carbocycles. The van der Waals surface area contributed by atoms with Gasteiger partial charge in [0, 0.05) is 50.0 Å². The smallest absolute Gasteiger partial charge is 0.475 e. The van der Waals surface area contributed by atoms with Crippen molar-refractivity contribution in [3.8, 4) is 39.8 Å². The summed E-state index contributed by atoms with van der Waals surface area (Å²) in [6.07, 6.45) is -4.96. The van der Waals surface area contributed by atoms with Crippen LogP contribution in [-0.2, 0) is 51.2 Å². The highest BCUT2D eigenvalue weighted by atomic mass is 32.2. The van der Waals surface area contributed by atoms with Gasteiger partial charge in [-0.05, 0) is 84.1 Å². The number of hydrogen-bond acceptors (Lipinski definition) is 15. The molecule has 0 radical (unpaired) electrons. The van der Waals surface area contributed by atoms with Gasteiger partial charge >= 0.3 is 18.3 Å². The molecule has 6 rings (SSSR count). The number of alkyl halides is 6. The molecule has 1 saturated heterocycles. The molecular formula is C44H46F6N6O10S2. The van der Waals surface area contributed by atoms with Gasteiger partial charge in [-0.15, -0.1) is 0 Å². The summed E-state index contributed by atoms with van der Waals surface area (Å²) in [5.74, 6) is -2.40. The largest absolute Gasteiger partial charge is 0.490 e. The second-order valence-corrected chi connectivity index (χ2v) is 17.0. The van der Waals surface area contributed by atoms with E-state index in [0.29, 0.717) is 81.7 Å². The molecule has 1 aliphatic heterocycles. The minimum absolute atomic E-state index is 0.0617. The molecule has 68 heavy (non-hydrogen) atoms. The predicted molar refractivity (Wildman–Crippen MR) is 234 cm³/mol. The van der Waals surface area contributed by atoms with E-state index < -0.39 is 33.9 Å². The average molecular weight is 997 g/mol. The van der Waals surface area contributed by atoms with Gasteiger partial charge in [0.15, 0.2) is 0 Å². The van der Waals surface area contributed by atoms with Crippen molar-refractivity contribution < 1.29 is 73.1 Å². The molecular weight excluding hydrogens is 951 g/mol. The third-order valence-electron chi connectivity index (χ3n) is 9.73. The van der Waals surface area contributed by atoms with Crippen LogP contribution in [0.2, 0.25) is 0 Å². The standard InChI is InChI=1S/C42H45F3N6O8S2.C2HF3O2/c1-54-15-16-55-17-18-56-19-20-57-21-22-58-36-10-13-51(14-11-36)28-35-24-32(9-12-47-35)38-26-31(30-3-2-4-34(23-30)42(43,44)45)5-7-40(38)59-39-8-6-37(25-33(39)27-46)61(52,53)50-41-48-29-49-60-41;3-2(4,5)1(6)7/h2-9,12,23-26,29,36H,10-11,13-22,28H2,1H3,(H,48,49,50);(H,6,7). The van der Waals surface area contributed by atoms with E-state index in [-0.39, 0.29) is 33.2 Å². The highest BCUT2D eigenvalue weighted by molar-refractivity contribution is 7.93. The lowest BCUT2D eigenvalue weighted by molar-refractivity contribution is -0.192. The first kappa shape index (κ1) is 53.2. The number of sulfonamides is 1. The fourth-order valence-corrected chi connectivity index (χ4v) is 8.10. The second-order valence-electron chi connectivity index (χ2n) is 14.5. The van der Waals surface area contributed by atoms with Gasteiger partial charge in [0.1, 0.15) is 23.9 Å². The summed E-state index contributed by atoms with van der Waals surface area (Å²) in [4.78, 5) is 19.5. The van der Waals surface area contributed by atoms with Crippen molar-refractivity contribution in [3.63, 3.8) is 0 Å². The Kier molecular flexibility index (Phi) is 20.0. The number of nitrogens with one attached hydrogen (secondary N) is 1. The molecule has 16 nitrogen and oxygen atoms in total. The van der Waals surface area contributed by atoms with Gasteiger partial charge in [0.2, 0.25) is 5.13 Å². The molecule has 1 aliphatic rings. The van der Waals surface area contributed by atoms with Crippen molar-refractivity contribution in [3.05, 3.63) is 102 Å². The summed E-state index contributed by atoms with van der Waals surface area (Å²) in [5, 5.41) is 17.2. The third kappa shape index (κ3) is 16.8. The molecule has 3 heterocycles. The Morgan fingerprint density at radius 3 is 2.10 bits per heavy atom. The molecule has 366 valence electrons. The Morgan fingerprint density at radius 2 is 1.49 bits per heavy atom. The van der Waals surface area contributed by atoms with Crippen molar-refractivity contribution in [1.29, 1.82) is 5.26 Å². The molecule has 5 aromatic rings. The van der Waals surface area contributed by atoms with Gasteiger partial charge in [0.25, 0.3) is 10.0 Å². The lowest BCUT2D eigenvalue weighted by atomic mass is 9.97. The van der Waals surface area contributed by atoms with Crippen LogP contribution in [0.15, 0.2) is 90.2 Å². The van der Waals surface area contributed by atoms with E-state index in [1.165, 1.54) is 30.6 Å². The summed E-state index contributed by atoms with van der Waals surface area (Å²) in [7, 11) is -2.47. The molecule has 1 fully saturated rings. The minimum atomic E-state index is -5.08. The Labute approximate surface area is 391 Å². The summed E-state index contributed by atoms with van der Waals surface area (Å²) in [5.41, 5.74) is 1.94. The Hall–Kier alpha value is -5.78. The maximum atomic E-state index is 13.7. The number of pyridine rings is 1. The van der Waals surface area contributed by atoms with Crippen molar-refractivity contribution in [2.24, 2.45) is 0 Å². The van der Waals surface area contributed by atoms with Crippen molar-refractivity contribution in [2.75, 3.05) is 77.8 Å². The number of halogens is 6. The van der Waals surface area contributed by atoms with Crippen LogP contribution < -0.4 is 9.46 Å². The Morgan fingerprint density at radius 1 is 0.838 bits per heavy atom. The molecule has 0 saturated carbocycles. The topological polar surface area (TPSA) is 205 Å². The van der Waals surface area contributed by atoms with E-state index in [9.17, 15) is 40.0 Å². The number of ether oxygens (including phenoxy) is 6. The number of hydrogen-bond donors (Lipinski definition) is 2. The van der Waals surface area contributed by atoms with Crippen molar-refractivity contribution in [1.82, 2.24) is 19.2 Å². The number of likely N-dealkylation sites (tertiary alicyclic amines) is 1. The molecule has 0 atom stereocenters. The zero-order valence-electron chi connectivity index (χ0n) is 36.3. The molecule has 0 spiro atoms. The van der Waals surface area contributed by atoms with Gasteiger partial charge in [-0.1, -0.05) is 18.2 Å². The van der Waals surface area contributed by atoms with Gasteiger partial charge in [-0.2, -0.15) is 36.0 Å². The molecule has 24 heteroatoms. The molecule has 0 bridgehead atoms. The van der Waals surface area contributed by atoms with Crippen LogP contribution in [0.4, 0.5) is 31.5 Å².